The van der Waals surface area contributed by atoms with Crippen LogP contribution in [0.3, 0.4) is 0 Å². The molecule has 4 rings (SSSR count). The highest BCUT2D eigenvalue weighted by Crippen LogP contribution is 2.46. The molecule has 2 aliphatic heterocycles. The molecule has 2 fully saturated rings. The van der Waals surface area contributed by atoms with Gasteiger partial charge in [0.1, 0.15) is 0 Å². The third kappa shape index (κ3) is 3.70. The number of ether oxygens (including phenoxy) is 2. The molecule has 1 spiro atoms. The van der Waals surface area contributed by atoms with Gasteiger partial charge in [0.15, 0.2) is 11.5 Å². The van der Waals surface area contributed by atoms with Crippen LogP contribution in [0.2, 0.25) is 0 Å². The molecule has 0 atom stereocenters. The number of carbonyl (C=O) groups is 1. The molecule has 3 aliphatic rings. The fraction of sp³-hybridized carbons (Fsp3) is 0.650. The standard InChI is InChI=1S/C20H28N2O3/c23-19(22-13-7-2-1-3-8-14-22)21-16-9-10-17-18(15-16)25-20(24-17)11-5-4-6-12-20/h9-10,15H,1-8,11-14H2,(H,21,23). The lowest BCUT2D eigenvalue weighted by atomic mass is 9.94. The van der Waals surface area contributed by atoms with Crippen LogP contribution in [0, 0.1) is 0 Å². The van der Waals surface area contributed by atoms with Gasteiger partial charge in [0.05, 0.1) is 0 Å². The highest BCUT2D eigenvalue weighted by atomic mass is 16.7. The van der Waals surface area contributed by atoms with Crippen LogP contribution in [0.25, 0.3) is 0 Å². The number of nitrogens with zero attached hydrogens (tertiary/aromatic N) is 1. The molecule has 1 aromatic rings. The molecule has 0 bridgehead atoms. The number of anilines is 1. The second-order valence-corrected chi connectivity index (χ2v) is 7.52. The third-order valence-corrected chi connectivity index (χ3v) is 5.55. The number of likely N-dealkylation sites (tertiary alicyclic amines) is 1. The van der Waals surface area contributed by atoms with Gasteiger partial charge in [-0.3, -0.25) is 0 Å². The molecule has 1 aromatic carbocycles. The van der Waals surface area contributed by atoms with Crippen LogP contribution in [0.4, 0.5) is 10.5 Å². The maximum Gasteiger partial charge on any atom is 0.321 e. The Morgan fingerprint density at radius 1 is 0.880 bits per heavy atom. The van der Waals surface area contributed by atoms with Crippen molar-refractivity contribution in [2.75, 3.05) is 18.4 Å². The van der Waals surface area contributed by atoms with Crippen LogP contribution in [-0.4, -0.2) is 29.8 Å². The molecule has 1 aliphatic carbocycles. The fourth-order valence-electron chi connectivity index (χ4n) is 4.12. The molecule has 136 valence electrons. The van der Waals surface area contributed by atoms with Gasteiger partial charge in [0.25, 0.3) is 5.79 Å². The first kappa shape index (κ1) is 16.6. The van der Waals surface area contributed by atoms with E-state index in [0.717, 1.165) is 68.8 Å². The Labute approximate surface area is 149 Å². The molecule has 0 unspecified atom stereocenters. The zero-order valence-electron chi connectivity index (χ0n) is 14.9. The first-order chi connectivity index (χ1) is 12.2. The molecule has 1 saturated carbocycles. The second-order valence-electron chi connectivity index (χ2n) is 7.52. The summed E-state index contributed by atoms with van der Waals surface area (Å²) in [4.78, 5) is 14.5. The smallest absolute Gasteiger partial charge is 0.321 e. The lowest BCUT2D eigenvalue weighted by Gasteiger charge is -2.31. The van der Waals surface area contributed by atoms with E-state index in [4.69, 9.17) is 9.47 Å². The minimum atomic E-state index is -0.466. The van der Waals surface area contributed by atoms with E-state index in [-0.39, 0.29) is 6.03 Å². The lowest BCUT2D eigenvalue weighted by Crippen LogP contribution is -2.40. The Balaban J connectivity index is 1.41. The van der Waals surface area contributed by atoms with Gasteiger partial charge >= 0.3 is 6.03 Å². The monoisotopic (exact) mass is 344 g/mol. The van der Waals surface area contributed by atoms with Gasteiger partial charge in [0, 0.05) is 37.7 Å². The number of nitrogens with one attached hydrogen (secondary N) is 1. The highest BCUT2D eigenvalue weighted by molar-refractivity contribution is 5.89. The number of hydrogen-bond donors (Lipinski definition) is 1. The molecule has 1 saturated heterocycles. The third-order valence-electron chi connectivity index (χ3n) is 5.55. The van der Waals surface area contributed by atoms with E-state index in [2.05, 4.69) is 5.32 Å². The number of hydrogen-bond acceptors (Lipinski definition) is 3. The van der Waals surface area contributed by atoms with E-state index < -0.39 is 5.79 Å². The minimum Gasteiger partial charge on any atom is -0.448 e. The van der Waals surface area contributed by atoms with Crippen LogP contribution in [-0.2, 0) is 0 Å². The average molecular weight is 344 g/mol. The van der Waals surface area contributed by atoms with Crippen molar-refractivity contribution in [3.8, 4) is 11.5 Å². The van der Waals surface area contributed by atoms with E-state index in [1.54, 1.807) is 0 Å². The molecule has 5 heteroatoms. The van der Waals surface area contributed by atoms with Gasteiger partial charge in [-0.25, -0.2) is 4.79 Å². The minimum absolute atomic E-state index is 0.00635. The van der Waals surface area contributed by atoms with E-state index in [9.17, 15) is 4.79 Å². The number of rotatable bonds is 1. The number of urea groups is 1. The second kappa shape index (κ2) is 7.14. The fourth-order valence-corrected chi connectivity index (χ4v) is 4.12. The van der Waals surface area contributed by atoms with Crippen molar-refractivity contribution >= 4 is 11.7 Å². The molecule has 1 N–H and O–H groups in total. The summed E-state index contributed by atoms with van der Waals surface area (Å²) in [6.45, 7) is 1.69. The SMILES string of the molecule is O=C(Nc1ccc2c(c1)OC1(CCCCC1)O2)N1CCCCCCC1. The molecule has 0 radical (unpaired) electrons. The quantitative estimate of drug-likeness (QED) is 0.787. The largest absolute Gasteiger partial charge is 0.448 e. The first-order valence-electron chi connectivity index (χ1n) is 9.82. The molecule has 5 nitrogen and oxygen atoms in total. The van der Waals surface area contributed by atoms with Crippen molar-refractivity contribution in [2.24, 2.45) is 0 Å². The first-order valence-corrected chi connectivity index (χ1v) is 9.82. The highest BCUT2D eigenvalue weighted by Gasteiger charge is 2.42. The Morgan fingerprint density at radius 3 is 2.28 bits per heavy atom. The summed E-state index contributed by atoms with van der Waals surface area (Å²) in [6, 6.07) is 5.72. The molecular formula is C20H28N2O3. The molecule has 2 amide bonds. The number of amides is 2. The molecule has 0 aromatic heterocycles. The van der Waals surface area contributed by atoms with Crippen LogP contribution >= 0.6 is 0 Å². The van der Waals surface area contributed by atoms with Crippen molar-refractivity contribution in [2.45, 2.75) is 70.0 Å². The molecule has 2 heterocycles. The Hall–Kier alpha value is -1.91. The summed E-state index contributed by atoms with van der Waals surface area (Å²) < 4.78 is 12.2. The zero-order chi connectivity index (χ0) is 17.1. The van der Waals surface area contributed by atoms with Gasteiger partial charge in [-0.05, 0) is 37.8 Å². The number of carbonyl (C=O) groups excluding carboxylic acids is 1. The van der Waals surface area contributed by atoms with Crippen molar-refractivity contribution in [3.63, 3.8) is 0 Å². The Bertz CT molecular complexity index is 617. The summed E-state index contributed by atoms with van der Waals surface area (Å²) >= 11 is 0. The van der Waals surface area contributed by atoms with Crippen molar-refractivity contribution in [1.82, 2.24) is 4.90 Å². The normalized spacial score (nSPS) is 22.3. The number of benzene rings is 1. The summed E-state index contributed by atoms with van der Waals surface area (Å²) in [5.41, 5.74) is 0.780. The maximum atomic E-state index is 12.6. The van der Waals surface area contributed by atoms with Crippen LogP contribution in [0.15, 0.2) is 18.2 Å². The zero-order valence-corrected chi connectivity index (χ0v) is 14.9. The van der Waals surface area contributed by atoms with Crippen LogP contribution in [0.1, 0.15) is 64.2 Å². The van der Waals surface area contributed by atoms with Crippen molar-refractivity contribution in [1.29, 1.82) is 0 Å². The number of fused-ring (bicyclic) bond motifs is 1. The summed E-state index contributed by atoms with van der Waals surface area (Å²) in [7, 11) is 0. The topological polar surface area (TPSA) is 50.8 Å². The van der Waals surface area contributed by atoms with E-state index >= 15 is 0 Å². The van der Waals surface area contributed by atoms with Gasteiger partial charge < -0.3 is 19.7 Å². The Morgan fingerprint density at radius 2 is 1.52 bits per heavy atom. The van der Waals surface area contributed by atoms with E-state index in [1.165, 1.54) is 25.7 Å². The van der Waals surface area contributed by atoms with E-state index in [1.807, 2.05) is 23.1 Å². The van der Waals surface area contributed by atoms with Crippen LogP contribution < -0.4 is 14.8 Å². The summed E-state index contributed by atoms with van der Waals surface area (Å²) in [6.07, 6.45) is 11.3. The summed E-state index contributed by atoms with van der Waals surface area (Å²) in [5.74, 6) is 1.09. The van der Waals surface area contributed by atoms with E-state index in [0.29, 0.717) is 0 Å². The predicted molar refractivity (Wildman–Crippen MR) is 97.2 cm³/mol. The maximum absolute atomic E-state index is 12.6. The molecule has 25 heavy (non-hydrogen) atoms. The van der Waals surface area contributed by atoms with Gasteiger partial charge in [-0.2, -0.15) is 0 Å². The Kier molecular flexibility index (Phi) is 4.73. The van der Waals surface area contributed by atoms with Gasteiger partial charge in [-0.15, -0.1) is 0 Å². The molecular weight excluding hydrogens is 316 g/mol. The van der Waals surface area contributed by atoms with Crippen LogP contribution in [0.5, 0.6) is 11.5 Å². The van der Waals surface area contributed by atoms with Crippen molar-refractivity contribution in [3.05, 3.63) is 18.2 Å². The van der Waals surface area contributed by atoms with Gasteiger partial charge in [-0.1, -0.05) is 25.7 Å². The summed E-state index contributed by atoms with van der Waals surface area (Å²) in [5, 5.41) is 3.03. The predicted octanol–water partition coefficient (Wildman–Crippen LogP) is 4.92. The average Bonchev–Trinajstić information content (AvgIpc) is 2.91. The van der Waals surface area contributed by atoms with Crippen molar-refractivity contribution < 1.29 is 14.3 Å². The lowest BCUT2D eigenvalue weighted by molar-refractivity contribution is -0.105. The van der Waals surface area contributed by atoms with Gasteiger partial charge in [0.2, 0.25) is 0 Å².